The summed E-state index contributed by atoms with van der Waals surface area (Å²) in [7, 11) is 0. The Kier molecular flexibility index (Phi) is 4.28. The highest BCUT2D eigenvalue weighted by Crippen LogP contribution is 2.16. The number of nitrogens with zero attached hydrogens (tertiary/aromatic N) is 2. The van der Waals surface area contributed by atoms with Crippen LogP contribution in [0.15, 0.2) is 59.5 Å². The molecule has 7 heteroatoms. The van der Waals surface area contributed by atoms with Crippen molar-refractivity contribution in [1.82, 2.24) is 15.3 Å². The van der Waals surface area contributed by atoms with Crippen molar-refractivity contribution in [1.29, 1.82) is 0 Å². The van der Waals surface area contributed by atoms with Gasteiger partial charge in [0.15, 0.2) is 0 Å². The molecule has 2 aromatic heterocycles. The van der Waals surface area contributed by atoms with Crippen LogP contribution in [0.1, 0.15) is 16.1 Å². The fraction of sp³-hybridized carbons (Fsp3) is 0.0625. The molecular formula is C16H13FN4O2. The van der Waals surface area contributed by atoms with Crippen LogP contribution >= 0.6 is 0 Å². The van der Waals surface area contributed by atoms with Gasteiger partial charge in [-0.05, 0) is 24.3 Å². The third kappa shape index (κ3) is 3.70. The molecule has 0 spiro atoms. The normalized spacial score (nSPS) is 10.3. The first-order valence-corrected chi connectivity index (χ1v) is 6.86. The smallest absolute Gasteiger partial charge is 0.254 e. The molecule has 0 radical (unpaired) electrons. The second-order valence-corrected chi connectivity index (χ2v) is 4.66. The van der Waals surface area contributed by atoms with Crippen molar-refractivity contribution in [2.24, 2.45) is 0 Å². The number of nitrogens with one attached hydrogen (secondary N) is 2. The first kappa shape index (κ1) is 14.7. The molecule has 0 saturated carbocycles. The van der Waals surface area contributed by atoms with E-state index in [0.29, 0.717) is 11.3 Å². The van der Waals surface area contributed by atoms with E-state index < -0.39 is 5.82 Å². The molecule has 23 heavy (non-hydrogen) atoms. The lowest BCUT2D eigenvalue weighted by Crippen LogP contribution is -2.23. The maximum absolute atomic E-state index is 13.5. The van der Waals surface area contributed by atoms with Crippen LogP contribution in [0, 0.1) is 5.82 Å². The van der Waals surface area contributed by atoms with E-state index in [9.17, 15) is 9.18 Å². The van der Waals surface area contributed by atoms with E-state index in [1.165, 1.54) is 24.7 Å². The lowest BCUT2D eigenvalue weighted by atomic mass is 10.3. The Labute approximate surface area is 131 Å². The van der Waals surface area contributed by atoms with Crippen LogP contribution in [-0.4, -0.2) is 15.9 Å². The van der Waals surface area contributed by atoms with Gasteiger partial charge in [0.25, 0.3) is 5.91 Å². The fourth-order valence-corrected chi connectivity index (χ4v) is 1.88. The van der Waals surface area contributed by atoms with E-state index in [4.69, 9.17) is 4.42 Å². The summed E-state index contributed by atoms with van der Waals surface area (Å²) in [6.45, 7) is 0.279. The lowest BCUT2D eigenvalue weighted by molar-refractivity contribution is 0.0947. The van der Waals surface area contributed by atoms with Crippen molar-refractivity contribution >= 4 is 17.5 Å². The van der Waals surface area contributed by atoms with Gasteiger partial charge in [-0.2, -0.15) is 0 Å². The number of furan rings is 1. The van der Waals surface area contributed by atoms with Gasteiger partial charge in [-0.1, -0.05) is 12.1 Å². The van der Waals surface area contributed by atoms with Gasteiger partial charge < -0.3 is 15.1 Å². The Morgan fingerprint density at radius 1 is 1.13 bits per heavy atom. The minimum Gasteiger partial charge on any atom is -0.467 e. The largest absolute Gasteiger partial charge is 0.467 e. The average molecular weight is 312 g/mol. The number of amides is 1. The SMILES string of the molecule is O=C(NCc1ccco1)c1cnc(Nc2ccccc2F)nc1. The first-order valence-electron chi connectivity index (χ1n) is 6.86. The van der Waals surface area contributed by atoms with E-state index in [-0.39, 0.29) is 24.1 Å². The molecule has 6 nitrogen and oxygen atoms in total. The van der Waals surface area contributed by atoms with E-state index in [1.54, 1.807) is 30.3 Å². The van der Waals surface area contributed by atoms with E-state index in [1.807, 2.05) is 0 Å². The molecule has 0 aliphatic rings. The molecule has 3 aromatic rings. The number of halogens is 1. The van der Waals surface area contributed by atoms with Crippen molar-refractivity contribution in [2.75, 3.05) is 5.32 Å². The van der Waals surface area contributed by atoms with E-state index >= 15 is 0 Å². The maximum atomic E-state index is 13.5. The Bertz CT molecular complexity index is 788. The quantitative estimate of drug-likeness (QED) is 0.757. The van der Waals surface area contributed by atoms with Crippen LogP contribution in [0.3, 0.4) is 0 Å². The van der Waals surface area contributed by atoms with Gasteiger partial charge in [0.2, 0.25) is 5.95 Å². The van der Waals surface area contributed by atoms with Crippen LogP contribution in [0.5, 0.6) is 0 Å². The van der Waals surface area contributed by atoms with E-state index in [2.05, 4.69) is 20.6 Å². The van der Waals surface area contributed by atoms with Gasteiger partial charge in [0.05, 0.1) is 24.1 Å². The van der Waals surface area contributed by atoms with Gasteiger partial charge in [0.1, 0.15) is 11.6 Å². The summed E-state index contributed by atoms with van der Waals surface area (Å²) in [4.78, 5) is 20.0. The molecular weight excluding hydrogens is 299 g/mol. The van der Waals surface area contributed by atoms with Gasteiger partial charge in [-0.15, -0.1) is 0 Å². The first-order chi connectivity index (χ1) is 11.2. The molecule has 2 N–H and O–H groups in total. The van der Waals surface area contributed by atoms with Crippen molar-refractivity contribution < 1.29 is 13.6 Å². The van der Waals surface area contributed by atoms with E-state index in [0.717, 1.165) is 0 Å². The van der Waals surface area contributed by atoms with Gasteiger partial charge in [-0.3, -0.25) is 4.79 Å². The number of hydrogen-bond donors (Lipinski definition) is 2. The number of para-hydroxylation sites is 1. The minimum absolute atomic E-state index is 0.206. The fourth-order valence-electron chi connectivity index (χ4n) is 1.88. The summed E-state index contributed by atoms with van der Waals surface area (Å²) in [5, 5.41) is 5.44. The summed E-state index contributed by atoms with van der Waals surface area (Å²) in [6, 6.07) is 9.70. The van der Waals surface area contributed by atoms with Crippen LogP contribution in [0.25, 0.3) is 0 Å². The molecule has 3 rings (SSSR count). The third-order valence-electron chi connectivity index (χ3n) is 3.04. The van der Waals surface area contributed by atoms with Gasteiger partial charge in [-0.25, -0.2) is 14.4 Å². The number of hydrogen-bond acceptors (Lipinski definition) is 5. The standard InChI is InChI=1S/C16H13FN4O2/c17-13-5-1-2-6-14(13)21-16-19-8-11(9-20-16)15(22)18-10-12-4-3-7-23-12/h1-9H,10H2,(H,18,22)(H,19,20,21). The number of anilines is 2. The zero-order valence-electron chi connectivity index (χ0n) is 12.0. The Balaban J connectivity index is 1.62. The number of carbonyl (C=O) groups is 1. The Morgan fingerprint density at radius 3 is 2.61 bits per heavy atom. The average Bonchev–Trinajstić information content (AvgIpc) is 3.09. The molecule has 0 atom stereocenters. The van der Waals surface area contributed by atoms with Crippen LogP contribution in [0.4, 0.5) is 16.0 Å². The minimum atomic E-state index is -0.406. The zero-order chi connectivity index (χ0) is 16.1. The zero-order valence-corrected chi connectivity index (χ0v) is 12.0. The molecule has 1 aromatic carbocycles. The summed E-state index contributed by atoms with van der Waals surface area (Å²) in [5.74, 6) is 0.130. The molecule has 0 aliphatic carbocycles. The van der Waals surface area contributed by atoms with Gasteiger partial charge in [0, 0.05) is 12.4 Å². The summed E-state index contributed by atoms with van der Waals surface area (Å²) < 4.78 is 18.7. The molecule has 2 heterocycles. The summed E-state index contributed by atoms with van der Waals surface area (Å²) in [5.41, 5.74) is 0.568. The summed E-state index contributed by atoms with van der Waals surface area (Å²) >= 11 is 0. The Hall–Kier alpha value is -3.22. The van der Waals surface area contributed by atoms with Crippen molar-refractivity contribution in [3.63, 3.8) is 0 Å². The molecule has 0 fully saturated rings. The number of rotatable bonds is 5. The van der Waals surface area contributed by atoms with Crippen molar-refractivity contribution in [3.05, 3.63) is 72.2 Å². The number of benzene rings is 1. The molecule has 0 bridgehead atoms. The second-order valence-electron chi connectivity index (χ2n) is 4.66. The molecule has 0 unspecified atom stereocenters. The Morgan fingerprint density at radius 2 is 1.91 bits per heavy atom. The maximum Gasteiger partial charge on any atom is 0.254 e. The second kappa shape index (κ2) is 6.69. The van der Waals surface area contributed by atoms with Crippen LogP contribution < -0.4 is 10.6 Å². The van der Waals surface area contributed by atoms with Crippen LogP contribution in [-0.2, 0) is 6.54 Å². The predicted molar refractivity (Wildman–Crippen MR) is 81.6 cm³/mol. The topological polar surface area (TPSA) is 80.0 Å². The van der Waals surface area contributed by atoms with Crippen molar-refractivity contribution in [3.8, 4) is 0 Å². The monoisotopic (exact) mass is 312 g/mol. The number of carbonyl (C=O) groups excluding carboxylic acids is 1. The van der Waals surface area contributed by atoms with Gasteiger partial charge >= 0.3 is 0 Å². The van der Waals surface area contributed by atoms with Crippen LogP contribution in [0.2, 0.25) is 0 Å². The summed E-state index contributed by atoms with van der Waals surface area (Å²) in [6.07, 6.45) is 4.27. The number of aromatic nitrogens is 2. The van der Waals surface area contributed by atoms with Crippen molar-refractivity contribution in [2.45, 2.75) is 6.54 Å². The molecule has 0 aliphatic heterocycles. The molecule has 116 valence electrons. The molecule has 0 saturated heterocycles. The highest BCUT2D eigenvalue weighted by atomic mass is 19.1. The lowest BCUT2D eigenvalue weighted by Gasteiger charge is -2.06. The highest BCUT2D eigenvalue weighted by Gasteiger charge is 2.08. The highest BCUT2D eigenvalue weighted by molar-refractivity contribution is 5.93. The predicted octanol–water partition coefficient (Wildman–Crippen LogP) is 2.88. The third-order valence-corrected chi connectivity index (χ3v) is 3.04. The molecule has 1 amide bonds.